The quantitative estimate of drug-likeness (QED) is 0.329. The Labute approximate surface area is 162 Å². The summed E-state index contributed by atoms with van der Waals surface area (Å²) in [5.41, 5.74) is -0.0929. The van der Waals surface area contributed by atoms with Crippen molar-refractivity contribution in [1.29, 1.82) is 0 Å². The lowest BCUT2D eigenvalue weighted by atomic mass is 10.3. The average Bonchev–Trinajstić information content (AvgIpc) is 2.57. The number of aromatic nitrogens is 2. The van der Waals surface area contributed by atoms with Crippen LogP contribution in [0, 0.1) is 5.82 Å². The molecule has 28 heavy (non-hydrogen) atoms. The van der Waals surface area contributed by atoms with Crippen LogP contribution >= 0.6 is 23.4 Å². The number of benzene rings is 1. The van der Waals surface area contributed by atoms with E-state index in [4.69, 9.17) is 17.3 Å². The number of hydrogen-bond acceptors (Lipinski definition) is 5. The van der Waals surface area contributed by atoms with Crippen molar-refractivity contribution in [1.82, 2.24) is 9.13 Å². The number of primary amides is 1. The highest BCUT2D eigenvalue weighted by Crippen LogP contribution is 2.33. The fraction of sp³-hybridized carbons (Fsp3) is 0.200. The van der Waals surface area contributed by atoms with Crippen LogP contribution in [0.15, 0.2) is 32.7 Å². The number of thioether (sulfide) groups is 1. The largest absolute Gasteiger partial charge is 0.431 e. The molecule has 0 aliphatic carbocycles. The van der Waals surface area contributed by atoms with E-state index in [2.05, 4.69) is 0 Å². The molecule has 2 aromatic rings. The molecule has 1 atom stereocenters. The van der Waals surface area contributed by atoms with Gasteiger partial charge in [-0.15, -0.1) is 11.8 Å². The van der Waals surface area contributed by atoms with E-state index in [0.29, 0.717) is 17.8 Å². The van der Waals surface area contributed by atoms with Gasteiger partial charge in [-0.25, -0.2) is 13.8 Å². The van der Waals surface area contributed by atoms with Crippen molar-refractivity contribution in [3.8, 4) is 5.69 Å². The van der Waals surface area contributed by atoms with Gasteiger partial charge in [0.15, 0.2) is 0 Å². The lowest BCUT2D eigenvalue weighted by Gasteiger charge is -2.15. The van der Waals surface area contributed by atoms with Gasteiger partial charge in [-0.3, -0.25) is 14.2 Å². The number of amides is 1. The van der Waals surface area contributed by atoms with Crippen molar-refractivity contribution < 1.29 is 27.2 Å². The summed E-state index contributed by atoms with van der Waals surface area (Å²) in [4.78, 5) is 46.4. The van der Waals surface area contributed by atoms with Crippen LogP contribution < -0.4 is 17.0 Å². The Bertz CT molecular complexity index is 1080. The zero-order valence-electron chi connectivity index (χ0n) is 13.8. The van der Waals surface area contributed by atoms with Crippen LogP contribution in [0.25, 0.3) is 5.69 Å². The Kier molecular flexibility index (Phi) is 6.04. The van der Waals surface area contributed by atoms with Gasteiger partial charge in [0.2, 0.25) is 5.91 Å². The number of carbonyl (C=O) groups excluding carboxylic acids is 2. The van der Waals surface area contributed by atoms with Crippen LogP contribution in [0.5, 0.6) is 0 Å². The van der Waals surface area contributed by atoms with Gasteiger partial charge in [-0.1, -0.05) is 11.6 Å². The minimum absolute atomic E-state index is 0.0946. The molecule has 2 rings (SSSR count). The number of carbonyl (C=O) groups is 2. The summed E-state index contributed by atoms with van der Waals surface area (Å²) in [6.45, 7) is 0. The van der Waals surface area contributed by atoms with Crippen molar-refractivity contribution in [2.75, 3.05) is 0 Å². The molecule has 0 radical (unpaired) electrons. The van der Waals surface area contributed by atoms with Crippen molar-refractivity contribution in [3.05, 3.63) is 55.6 Å². The monoisotopic (exact) mass is 439 g/mol. The normalized spacial score (nSPS) is 12.6. The Hall–Kier alpha value is -2.60. The standard InChI is InChI=1S/C15H10ClF4N3O4S/c1-22-11(15(18,19)20)4-12(25)23(14(22)27)8-3-9(6(16)2-7(8)17)28-10(5-24)13(21)26/h2-5,10H,1H3,(H2,21,26). The first-order valence-electron chi connectivity index (χ1n) is 7.19. The molecular formula is C15H10ClF4N3O4S. The van der Waals surface area contributed by atoms with Crippen LogP contribution in [0.2, 0.25) is 5.02 Å². The summed E-state index contributed by atoms with van der Waals surface area (Å²) in [6.07, 6.45) is -4.78. The third-order valence-electron chi connectivity index (χ3n) is 3.51. The maximum absolute atomic E-state index is 14.3. The summed E-state index contributed by atoms with van der Waals surface area (Å²) in [5.74, 6) is -2.21. The molecule has 13 heteroatoms. The van der Waals surface area contributed by atoms with E-state index in [9.17, 15) is 36.7 Å². The zero-order valence-corrected chi connectivity index (χ0v) is 15.4. The number of alkyl halides is 3. The Morgan fingerprint density at radius 1 is 1.29 bits per heavy atom. The van der Waals surface area contributed by atoms with Crippen molar-refractivity contribution >= 4 is 35.6 Å². The lowest BCUT2D eigenvalue weighted by molar-refractivity contribution is -0.144. The molecule has 0 fully saturated rings. The maximum atomic E-state index is 14.3. The van der Waals surface area contributed by atoms with E-state index in [1.165, 1.54) is 0 Å². The van der Waals surface area contributed by atoms with Crippen molar-refractivity contribution in [2.24, 2.45) is 12.8 Å². The Morgan fingerprint density at radius 3 is 2.39 bits per heavy atom. The average molecular weight is 440 g/mol. The summed E-state index contributed by atoms with van der Waals surface area (Å²) in [7, 11) is 0.764. The summed E-state index contributed by atoms with van der Waals surface area (Å²) < 4.78 is 53.4. The van der Waals surface area contributed by atoms with Gasteiger partial charge >= 0.3 is 11.9 Å². The van der Waals surface area contributed by atoms with Crippen LogP contribution in [-0.2, 0) is 22.8 Å². The minimum atomic E-state index is -4.98. The fourth-order valence-electron chi connectivity index (χ4n) is 2.19. The van der Waals surface area contributed by atoms with Gasteiger partial charge < -0.3 is 10.5 Å². The van der Waals surface area contributed by atoms with Gasteiger partial charge in [0.05, 0.1) is 10.7 Å². The zero-order chi connectivity index (χ0) is 21.4. The fourth-order valence-corrected chi connectivity index (χ4v) is 3.27. The van der Waals surface area contributed by atoms with Crippen molar-refractivity contribution in [3.63, 3.8) is 0 Å². The number of aldehydes is 1. The van der Waals surface area contributed by atoms with Gasteiger partial charge in [-0.2, -0.15) is 13.2 Å². The molecule has 1 heterocycles. The molecule has 0 aliphatic rings. The van der Waals surface area contributed by atoms with Gasteiger partial charge in [0, 0.05) is 18.0 Å². The third-order valence-corrected chi connectivity index (χ3v) is 5.12. The van der Waals surface area contributed by atoms with E-state index in [0.717, 1.165) is 13.1 Å². The topological polar surface area (TPSA) is 104 Å². The van der Waals surface area contributed by atoms with E-state index >= 15 is 0 Å². The molecule has 1 aromatic carbocycles. The number of nitrogens with two attached hydrogens (primary N) is 1. The number of hydrogen-bond donors (Lipinski definition) is 1. The van der Waals surface area contributed by atoms with E-state index in [1.54, 1.807) is 0 Å². The Balaban J connectivity index is 2.73. The van der Waals surface area contributed by atoms with Gasteiger partial charge in [0.25, 0.3) is 5.56 Å². The second-order valence-electron chi connectivity index (χ2n) is 5.35. The molecule has 0 saturated heterocycles. The van der Waals surface area contributed by atoms with Crippen LogP contribution in [0.3, 0.4) is 0 Å². The molecule has 7 nitrogen and oxygen atoms in total. The first-order valence-corrected chi connectivity index (χ1v) is 8.45. The third kappa shape index (κ3) is 4.12. The van der Waals surface area contributed by atoms with Gasteiger partial charge in [-0.05, 0) is 12.1 Å². The lowest BCUT2D eigenvalue weighted by Crippen LogP contribution is -2.41. The molecule has 0 bridgehead atoms. The number of halogens is 5. The van der Waals surface area contributed by atoms with Crippen molar-refractivity contribution in [2.45, 2.75) is 16.3 Å². The first kappa shape index (κ1) is 21.7. The van der Waals surface area contributed by atoms with Gasteiger partial charge in [0.1, 0.15) is 23.0 Å². The number of rotatable bonds is 5. The first-order chi connectivity index (χ1) is 12.9. The second kappa shape index (κ2) is 7.80. The molecular weight excluding hydrogens is 430 g/mol. The summed E-state index contributed by atoms with van der Waals surface area (Å²) in [5, 5.41) is -1.67. The van der Waals surface area contributed by atoms with E-state index in [1.807, 2.05) is 0 Å². The molecule has 150 valence electrons. The van der Waals surface area contributed by atoms with Crippen LogP contribution in [0.1, 0.15) is 5.69 Å². The second-order valence-corrected chi connectivity index (χ2v) is 6.94. The predicted molar refractivity (Wildman–Crippen MR) is 92.2 cm³/mol. The van der Waals surface area contributed by atoms with Crippen LogP contribution in [0.4, 0.5) is 17.6 Å². The highest BCUT2D eigenvalue weighted by Gasteiger charge is 2.35. The Morgan fingerprint density at radius 2 is 1.89 bits per heavy atom. The van der Waals surface area contributed by atoms with E-state index in [-0.39, 0.29) is 31.4 Å². The predicted octanol–water partition coefficient (Wildman–Crippen LogP) is 1.49. The molecule has 0 saturated carbocycles. The molecule has 2 N–H and O–H groups in total. The molecule has 1 aromatic heterocycles. The molecule has 0 aliphatic heterocycles. The number of nitrogens with zero attached hydrogens (tertiary/aromatic N) is 2. The van der Waals surface area contributed by atoms with E-state index < -0.39 is 45.8 Å². The molecule has 1 amide bonds. The smallest absolute Gasteiger partial charge is 0.368 e. The highest BCUT2D eigenvalue weighted by atomic mass is 35.5. The molecule has 0 spiro atoms. The molecule has 1 unspecified atom stereocenters. The summed E-state index contributed by atoms with van der Waals surface area (Å²) >= 11 is 6.36. The van der Waals surface area contributed by atoms with Crippen LogP contribution in [-0.4, -0.2) is 26.6 Å². The highest BCUT2D eigenvalue weighted by molar-refractivity contribution is 8.01. The SMILES string of the molecule is Cn1c(C(F)(F)F)cc(=O)n(-c2cc(SC(C=O)C(N)=O)c(Cl)cc2F)c1=O. The maximum Gasteiger partial charge on any atom is 0.431 e. The summed E-state index contributed by atoms with van der Waals surface area (Å²) in [6, 6.07) is 1.68. The minimum Gasteiger partial charge on any atom is -0.368 e.